The van der Waals surface area contributed by atoms with Gasteiger partial charge in [-0.05, 0) is 13.0 Å². The lowest BCUT2D eigenvalue weighted by Gasteiger charge is -2.17. The van der Waals surface area contributed by atoms with Crippen LogP contribution in [-0.2, 0) is 4.74 Å². The Labute approximate surface area is 106 Å². The summed E-state index contributed by atoms with van der Waals surface area (Å²) in [5.74, 6) is -0.213. The number of carbonyl (C=O) groups excluding carboxylic acids is 1. The van der Waals surface area contributed by atoms with E-state index in [1.807, 2.05) is 6.92 Å². The number of hydrogen-bond donors (Lipinski definition) is 1. The number of likely N-dealkylation sites (N-methyl/N-ethyl adjacent to an activating group) is 1. The van der Waals surface area contributed by atoms with Gasteiger partial charge >= 0.3 is 0 Å². The Balaban J connectivity index is 2.71. The van der Waals surface area contributed by atoms with Crippen molar-refractivity contribution in [2.24, 2.45) is 0 Å². The first-order valence-electron chi connectivity index (χ1n) is 5.30. The second-order valence-electron chi connectivity index (χ2n) is 3.53. The number of hydrogen-bond acceptors (Lipinski definition) is 4. The predicted octanol–water partition coefficient (Wildman–Crippen LogP) is 1.43. The van der Waals surface area contributed by atoms with Crippen molar-refractivity contribution in [3.8, 4) is 0 Å². The predicted molar refractivity (Wildman–Crippen MR) is 67.1 cm³/mol. The summed E-state index contributed by atoms with van der Waals surface area (Å²) in [6.07, 6.45) is 1.42. The topological polar surface area (TPSA) is 68.5 Å². The van der Waals surface area contributed by atoms with E-state index in [1.54, 1.807) is 7.05 Å². The molecule has 0 aliphatic heterocycles. The highest BCUT2D eigenvalue weighted by Crippen LogP contribution is 2.17. The van der Waals surface area contributed by atoms with Crippen LogP contribution in [0.3, 0.4) is 0 Å². The number of aromatic nitrogens is 1. The summed E-state index contributed by atoms with van der Waals surface area (Å²) in [6, 6.07) is 1.52. The van der Waals surface area contributed by atoms with Gasteiger partial charge in [-0.3, -0.25) is 4.79 Å². The molecule has 1 amide bonds. The van der Waals surface area contributed by atoms with Gasteiger partial charge in [-0.25, -0.2) is 4.98 Å². The Bertz CT molecular complexity index is 398. The third-order valence-electron chi connectivity index (χ3n) is 2.21. The summed E-state index contributed by atoms with van der Waals surface area (Å²) >= 11 is 5.85. The van der Waals surface area contributed by atoms with Gasteiger partial charge in [-0.2, -0.15) is 0 Å². The van der Waals surface area contributed by atoms with Crippen molar-refractivity contribution in [1.29, 1.82) is 0 Å². The van der Waals surface area contributed by atoms with Gasteiger partial charge in [-0.1, -0.05) is 11.6 Å². The first-order valence-corrected chi connectivity index (χ1v) is 5.68. The zero-order valence-corrected chi connectivity index (χ0v) is 10.7. The molecule has 0 bridgehead atoms. The van der Waals surface area contributed by atoms with Crippen LogP contribution >= 0.6 is 11.6 Å². The molecule has 0 radical (unpaired) electrons. The quantitative estimate of drug-likeness (QED) is 0.640. The fourth-order valence-corrected chi connectivity index (χ4v) is 1.45. The van der Waals surface area contributed by atoms with Gasteiger partial charge in [0.1, 0.15) is 5.15 Å². The molecule has 6 heteroatoms. The average molecular weight is 258 g/mol. The minimum Gasteiger partial charge on any atom is -0.397 e. The largest absolute Gasteiger partial charge is 0.397 e. The molecule has 0 aromatic carbocycles. The molecule has 2 N–H and O–H groups in total. The van der Waals surface area contributed by atoms with Gasteiger partial charge < -0.3 is 15.4 Å². The molecular weight excluding hydrogens is 242 g/mol. The molecule has 5 nitrogen and oxygen atoms in total. The van der Waals surface area contributed by atoms with E-state index in [4.69, 9.17) is 22.1 Å². The number of carbonyl (C=O) groups is 1. The normalized spacial score (nSPS) is 10.3. The van der Waals surface area contributed by atoms with Crippen molar-refractivity contribution in [3.63, 3.8) is 0 Å². The van der Waals surface area contributed by atoms with E-state index in [1.165, 1.54) is 17.2 Å². The number of nitrogens with zero attached hydrogens (tertiary/aromatic N) is 2. The van der Waals surface area contributed by atoms with Gasteiger partial charge in [0.2, 0.25) is 0 Å². The summed E-state index contributed by atoms with van der Waals surface area (Å²) in [6.45, 7) is 3.52. The molecule has 0 aliphatic rings. The molecule has 1 heterocycles. The molecule has 0 aliphatic carbocycles. The molecule has 1 aromatic rings. The highest BCUT2D eigenvalue weighted by molar-refractivity contribution is 6.32. The molecule has 1 rings (SSSR count). The second-order valence-corrected chi connectivity index (χ2v) is 3.89. The molecule has 0 spiro atoms. The minimum absolute atomic E-state index is 0.160. The van der Waals surface area contributed by atoms with Crippen LogP contribution in [0.1, 0.15) is 17.3 Å². The summed E-state index contributed by atoms with van der Waals surface area (Å²) in [4.78, 5) is 17.4. The maximum absolute atomic E-state index is 12.0. The zero-order valence-electron chi connectivity index (χ0n) is 9.94. The lowest BCUT2D eigenvalue weighted by atomic mass is 10.2. The number of rotatable bonds is 5. The monoisotopic (exact) mass is 257 g/mol. The summed E-state index contributed by atoms with van der Waals surface area (Å²) < 4.78 is 5.18. The first kappa shape index (κ1) is 13.7. The fraction of sp³-hybridized carbons (Fsp3) is 0.455. The highest BCUT2D eigenvalue weighted by atomic mass is 35.5. The Morgan fingerprint density at radius 2 is 2.35 bits per heavy atom. The third kappa shape index (κ3) is 3.87. The van der Waals surface area contributed by atoms with Gasteiger partial charge in [0, 0.05) is 20.2 Å². The lowest BCUT2D eigenvalue weighted by Crippen LogP contribution is -2.30. The molecule has 0 saturated heterocycles. The number of halogens is 1. The van der Waals surface area contributed by atoms with Crippen LogP contribution in [0.5, 0.6) is 0 Å². The van der Waals surface area contributed by atoms with Crippen molar-refractivity contribution >= 4 is 23.2 Å². The standard InChI is InChI=1S/C11H16ClN3O2/c1-3-17-5-4-15(2)11(16)9-6-8(13)7-14-10(9)12/h6-7H,3-5,13H2,1-2H3. The van der Waals surface area contributed by atoms with E-state index in [9.17, 15) is 4.79 Å². The Hall–Kier alpha value is -1.33. The van der Waals surface area contributed by atoms with Crippen LogP contribution in [0.25, 0.3) is 0 Å². The maximum atomic E-state index is 12.0. The number of pyridine rings is 1. The Kier molecular flexibility index (Phi) is 5.18. The van der Waals surface area contributed by atoms with E-state index >= 15 is 0 Å². The Morgan fingerprint density at radius 3 is 3.00 bits per heavy atom. The SMILES string of the molecule is CCOCCN(C)C(=O)c1cc(N)cnc1Cl. The Morgan fingerprint density at radius 1 is 1.65 bits per heavy atom. The summed E-state index contributed by atoms with van der Waals surface area (Å²) in [5, 5.41) is 0.160. The van der Waals surface area contributed by atoms with Gasteiger partial charge in [0.25, 0.3) is 5.91 Å². The van der Waals surface area contributed by atoms with Crippen LogP contribution in [0.2, 0.25) is 5.15 Å². The lowest BCUT2D eigenvalue weighted by molar-refractivity contribution is 0.0710. The number of amides is 1. The molecule has 0 saturated carbocycles. The average Bonchev–Trinajstić information content (AvgIpc) is 2.31. The maximum Gasteiger partial charge on any atom is 0.256 e. The van der Waals surface area contributed by atoms with Crippen molar-refractivity contribution in [1.82, 2.24) is 9.88 Å². The van der Waals surface area contributed by atoms with E-state index in [2.05, 4.69) is 4.98 Å². The summed E-state index contributed by atoms with van der Waals surface area (Å²) in [7, 11) is 1.68. The van der Waals surface area contributed by atoms with Crippen molar-refractivity contribution in [2.75, 3.05) is 32.5 Å². The van der Waals surface area contributed by atoms with E-state index in [0.29, 0.717) is 31.0 Å². The van der Waals surface area contributed by atoms with Crippen molar-refractivity contribution < 1.29 is 9.53 Å². The fourth-order valence-electron chi connectivity index (χ4n) is 1.27. The molecule has 0 unspecified atom stereocenters. The van der Waals surface area contributed by atoms with Gasteiger partial charge in [0.15, 0.2) is 0 Å². The number of nitrogen functional groups attached to an aromatic ring is 1. The smallest absolute Gasteiger partial charge is 0.256 e. The summed E-state index contributed by atoms with van der Waals surface area (Å²) in [5.41, 5.74) is 6.29. The van der Waals surface area contributed by atoms with Crippen LogP contribution in [-0.4, -0.2) is 42.6 Å². The zero-order chi connectivity index (χ0) is 12.8. The molecular formula is C11H16ClN3O2. The van der Waals surface area contributed by atoms with Crippen molar-refractivity contribution in [2.45, 2.75) is 6.92 Å². The molecule has 94 valence electrons. The first-order chi connectivity index (χ1) is 8.06. The van der Waals surface area contributed by atoms with E-state index in [0.717, 1.165) is 0 Å². The van der Waals surface area contributed by atoms with Crippen molar-refractivity contribution in [3.05, 3.63) is 23.0 Å². The number of nitrogens with two attached hydrogens (primary N) is 1. The molecule has 0 fully saturated rings. The number of ether oxygens (including phenoxy) is 1. The van der Waals surface area contributed by atoms with Crippen LogP contribution in [0.15, 0.2) is 12.3 Å². The van der Waals surface area contributed by atoms with Crippen LogP contribution in [0, 0.1) is 0 Å². The van der Waals surface area contributed by atoms with E-state index < -0.39 is 0 Å². The molecule has 0 atom stereocenters. The minimum atomic E-state index is -0.213. The van der Waals surface area contributed by atoms with Gasteiger partial charge in [0.05, 0.1) is 24.1 Å². The second kappa shape index (κ2) is 6.42. The van der Waals surface area contributed by atoms with E-state index in [-0.39, 0.29) is 11.1 Å². The highest BCUT2D eigenvalue weighted by Gasteiger charge is 2.16. The molecule has 1 aromatic heterocycles. The van der Waals surface area contributed by atoms with Gasteiger partial charge in [-0.15, -0.1) is 0 Å². The molecule has 17 heavy (non-hydrogen) atoms. The van der Waals surface area contributed by atoms with Crippen LogP contribution in [0.4, 0.5) is 5.69 Å². The number of anilines is 1. The van der Waals surface area contributed by atoms with Crippen LogP contribution < -0.4 is 5.73 Å². The third-order valence-corrected chi connectivity index (χ3v) is 2.51.